The summed E-state index contributed by atoms with van der Waals surface area (Å²) in [6.45, 7) is 0. The van der Waals surface area contributed by atoms with Gasteiger partial charge in [0.1, 0.15) is 0 Å². The molecule has 9 heteroatoms. The molecule has 1 aromatic rings. The van der Waals surface area contributed by atoms with Crippen molar-refractivity contribution in [3.05, 3.63) is 32.5 Å². The van der Waals surface area contributed by atoms with E-state index in [-0.39, 0.29) is 15.3 Å². The van der Waals surface area contributed by atoms with E-state index in [1.54, 1.807) is 12.4 Å². The molecule has 18 heavy (non-hydrogen) atoms. The number of rotatable bonds is 2. The fourth-order valence-corrected chi connectivity index (χ4v) is 1.78. The Morgan fingerprint density at radius 2 is 2.39 bits per heavy atom. The van der Waals surface area contributed by atoms with Crippen LogP contribution in [0.2, 0.25) is 0 Å². The summed E-state index contributed by atoms with van der Waals surface area (Å²) >= 11 is 4.20. The lowest BCUT2D eigenvalue weighted by Crippen LogP contribution is -2.12. The number of thioether (sulfide) groups is 1. The summed E-state index contributed by atoms with van der Waals surface area (Å²) in [5.41, 5.74) is -0.510. The summed E-state index contributed by atoms with van der Waals surface area (Å²) < 4.78 is 13.5. The highest BCUT2D eigenvalue weighted by Crippen LogP contribution is 2.32. The van der Waals surface area contributed by atoms with Gasteiger partial charge in [0.2, 0.25) is 5.82 Å². The van der Waals surface area contributed by atoms with Crippen LogP contribution in [0.15, 0.2) is 21.6 Å². The SMILES string of the molecule is CSC(=Nc1cc([N+](=O)[O-])c(F)cc1Br)NC#N. The van der Waals surface area contributed by atoms with Gasteiger partial charge in [0.25, 0.3) is 0 Å². The molecule has 0 saturated carbocycles. The van der Waals surface area contributed by atoms with E-state index in [0.29, 0.717) is 0 Å². The first-order valence-electron chi connectivity index (χ1n) is 4.40. The number of nitrogens with one attached hydrogen (secondary N) is 1. The summed E-state index contributed by atoms with van der Waals surface area (Å²) in [6, 6.07) is 1.95. The monoisotopic (exact) mass is 332 g/mol. The minimum Gasteiger partial charge on any atom is -0.271 e. The van der Waals surface area contributed by atoms with Crippen molar-refractivity contribution in [2.24, 2.45) is 4.99 Å². The van der Waals surface area contributed by atoms with Gasteiger partial charge in [0.15, 0.2) is 11.4 Å². The summed E-state index contributed by atoms with van der Waals surface area (Å²) in [5.74, 6) is -0.954. The van der Waals surface area contributed by atoms with Crippen LogP contribution in [0.3, 0.4) is 0 Å². The average molecular weight is 333 g/mol. The van der Waals surface area contributed by atoms with Gasteiger partial charge in [-0.1, -0.05) is 11.8 Å². The van der Waals surface area contributed by atoms with Crippen LogP contribution < -0.4 is 5.32 Å². The summed E-state index contributed by atoms with van der Waals surface area (Å²) in [7, 11) is 0. The molecule has 1 N–H and O–H groups in total. The zero-order valence-electron chi connectivity index (χ0n) is 8.98. The quantitative estimate of drug-likeness (QED) is 0.224. The van der Waals surface area contributed by atoms with Crippen molar-refractivity contribution >= 4 is 44.2 Å². The number of amidine groups is 1. The molecular weight excluding hydrogens is 327 g/mol. The van der Waals surface area contributed by atoms with Crippen LogP contribution in [-0.4, -0.2) is 16.3 Å². The number of benzene rings is 1. The molecule has 0 bridgehead atoms. The van der Waals surface area contributed by atoms with Gasteiger partial charge in [-0.15, -0.1) is 0 Å². The van der Waals surface area contributed by atoms with Gasteiger partial charge in [-0.2, -0.15) is 9.65 Å². The molecule has 0 saturated heterocycles. The van der Waals surface area contributed by atoms with E-state index in [1.807, 2.05) is 0 Å². The van der Waals surface area contributed by atoms with Crippen LogP contribution in [0, 0.1) is 27.4 Å². The van der Waals surface area contributed by atoms with E-state index >= 15 is 0 Å². The highest BCUT2D eigenvalue weighted by Gasteiger charge is 2.17. The number of aliphatic imine (C=N–C) groups is 1. The van der Waals surface area contributed by atoms with Crippen molar-refractivity contribution < 1.29 is 9.31 Å². The van der Waals surface area contributed by atoms with E-state index in [0.717, 1.165) is 23.9 Å². The highest BCUT2D eigenvalue weighted by molar-refractivity contribution is 9.10. The van der Waals surface area contributed by atoms with Gasteiger partial charge in [0, 0.05) is 10.5 Å². The molecule has 0 amide bonds. The molecule has 1 aromatic carbocycles. The van der Waals surface area contributed by atoms with Crippen LogP contribution in [0.5, 0.6) is 0 Å². The lowest BCUT2D eigenvalue weighted by atomic mass is 10.3. The molecule has 94 valence electrons. The third kappa shape index (κ3) is 3.41. The molecule has 0 aliphatic rings. The van der Waals surface area contributed by atoms with Crippen LogP contribution in [0.25, 0.3) is 0 Å². The van der Waals surface area contributed by atoms with Gasteiger partial charge in [-0.25, -0.2) is 4.99 Å². The maximum atomic E-state index is 13.3. The van der Waals surface area contributed by atoms with Crippen LogP contribution in [0.1, 0.15) is 0 Å². The number of hydrogen-bond acceptors (Lipinski definition) is 5. The Hall–Kier alpha value is -1.66. The zero-order valence-corrected chi connectivity index (χ0v) is 11.4. The Morgan fingerprint density at radius 3 is 2.89 bits per heavy atom. The Morgan fingerprint density at radius 1 is 1.72 bits per heavy atom. The summed E-state index contributed by atoms with van der Waals surface area (Å²) in [5, 5.41) is 21.6. The van der Waals surface area contributed by atoms with Gasteiger partial charge in [0.05, 0.1) is 10.6 Å². The van der Waals surface area contributed by atoms with E-state index in [2.05, 4.69) is 26.2 Å². The third-order valence-electron chi connectivity index (χ3n) is 1.79. The molecule has 0 spiro atoms. The highest BCUT2D eigenvalue weighted by atomic mass is 79.9. The molecule has 0 heterocycles. The molecule has 0 aliphatic heterocycles. The summed E-state index contributed by atoms with van der Waals surface area (Å²) in [4.78, 5) is 13.7. The molecule has 1 rings (SSSR count). The number of nitro groups is 1. The minimum absolute atomic E-state index is 0.162. The predicted molar refractivity (Wildman–Crippen MR) is 70.1 cm³/mol. The molecule has 6 nitrogen and oxygen atoms in total. The molecule has 0 aromatic heterocycles. The second-order valence-corrected chi connectivity index (χ2v) is 4.52. The Bertz CT molecular complexity index is 558. The van der Waals surface area contributed by atoms with Gasteiger partial charge in [-0.05, 0) is 28.3 Å². The molecule has 0 radical (unpaired) electrons. The molecule has 0 fully saturated rings. The van der Waals surface area contributed by atoms with Crippen LogP contribution in [0.4, 0.5) is 15.8 Å². The van der Waals surface area contributed by atoms with Crippen molar-refractivity contribution in [2.75, 3.05) is 6.26 Å². The smallest absolute Gasteiger partial charge is 0.271 e. The first-order chi connectivity index (χ1) is 8.49. The number of hydrogen-bond donors (Lipinski definition) is 1. The first-order valence-corrected chi connectivity index (χ1v) is 6.42. The Kier molecular flexibility index (Phi) is 5.06. The second kappa shape index (κ2) is 6.32. The molecule has 0 aliphatic carbocycles. The van der Waals surface area contributed by atoms with Gasteiger partial charge in [-0.3, -0.25) is 15.4 Å². The van der Waals surface area contributed by atoms with Gasteiger partial charge < -0.3 is 0 Å². The van der Waals surface area contributed by atoms with Crippen molar-refractivity contribution in [1.82, 2.24) is 5.32 Å². The minimum atomic E-state index is -0.954. The van der Waals surface area contributed by atoms with Crippen molar-refractivity contribution in [3.8, 4) is 6.19 Å². The van der Waals surface area contributed by atoms with E-state index < -0.39 is 16.4 Å². The van der Waals surface area contributed by atoms with Crippen LogP contribution >= 0.6 is 27.7 Å². The van der Waals surface area contributed by atoms with Gasteiger partial charge >= 0.3 is 5.69 Å². The first kappa shape index (κ1) is 14.4. The van der Waals surface area contributed by atoms with E-state index in [1.165, 1.54) is 0 Å². The molecule has 0 unspecified atom stereocenters. The van der Waals surface area contributed by atoms with Crippen molar-refractivity contribution in [2.45, 2.75) is 0 Å². The van der Waals surface area contributed by atoms with Crippen LogP contribution in [-0.2, 0) is 0 Å². The van der Waals surface area contributed by atoms with E-state index in [9.17, 15) is 14.5 Å². The zero-order chi connectivity index (χ0) is 13.7. The van der Waals surface area contributed by atoms with Crippen molar-refractivity contribution in [3.63, 3.8) is 0 Å². The second-order valence-electron chi connectivity index (χ2n) is 2.87. The summed E-state index contributed by atoms with van der Waals surface area (Å²) in [6.07, 6.45) is 3.36. The predicted octanol–water partition coefficient (Wildman–Crippen LogP) is 2.92. The normalized spacial score (nSPS) is 10.9. The largest absolute Gasteiger partial charge is 0.307 e. The fraction of sp³-hybridized carbons (Fsp3) is 0.111. The number of nitro benzene ring substituents is 1. The third-order valence-corrected chi connectivity index (χ3v) is 3.01. The standard InChI is InChI=1S/C9H6BrFN4O2S/c1-18-9(13-4-12)14-7-3-8(15(16)17)6(11)2-5(7)10/h2-3H,1H3,(H,13,14). The van der Waals surface area contributed by atoms with Crippen molar-refractivity contribution in [1.29, 1.82) is 5.26 Å². The maximum absolute atomic E-state index is 13.3. The average Bonchev–Trinajstić information content (AvgIpc) is 2.31. The maximum Gasteiger partial charge on any atom is 0.307 e. The molecule has 0 atom stereocenters. The number of nitrogens with zero attached hydrogens (tertiary/aromatic N) is 3. The number of halogens is 2. The Balaban J connectivity index is 3.29. The number of nitriles is 1. The lowest BCUT2D eigenvalue weighted by Gasteiger charge is -2.03. The van der Waals surface area contributed by atoms with E-state index in [4.69, 9.17) is 5.26 Å². The lowest BCUT2D eigenvalue weighted by molar-refractivity contribution is -0.387. The molecular formula is C9H6BrFN4O2S. The Labute approximate surface area is 114 Å². The fourth-order valence-electron chi connectivity index (χ4n) is 1.03. The topological polar surface area (TPSA) is 91.3 Å².